The lowest BCUT2D eigenvalue weighted by Crippen LogP contribution is -2.51. The molecule has 3 fully saturated rings. The molecule has 3 aliphatic heterocycles. The van der Waals surface area contributed by atoms with Gasteiger partial charge in [-0.1, -0.05) is 11.8 Å². The van der Waals surface area contributed by atoms with E-state index in [4.69, 9.17) is 5.11 Å². The Labute approximate surface area is 158 Å². The number of likely N-dealkylation sites (N-methyl/N-ethyl adjacent to an activating group) is 1. The summed E-state index contributed by atoms with van der Waals surface area (Å²) in [5, 5.41) is 10.8. The molecule has 2 atom stereocenters. The Morgan fingerprint density at radius 2 is 2.19 bits per heavy atom. The normalized spacial score (nSPS) is 22.7. The molecule has 1 aromatic heterocycles. The molecule has 6 nitrogen and oxygen atoms in total. The maximum Gasteiger partial charge on any atom is 0.241 e. The average Bonchev–Trinajstić information content (AvgIpc) is 2.89. The van der Waals surface area contributed by atoms with E-state index in [1.165, 1.54) is 4.88 Å². The van der Waals surface area contributed by atoms with Gasteiger partial charge >= 0.3 is 0 Å². The van der Waals surface area contributed by atoms with E-state index in [0.717, 1.165) is 38.0 Å². The molecular weight excluding hydrogens is 350 g/mol. The van der Waals surface area contributed by atoms with Gasteiger partial charge in [0.2, 0.25) is 11.8 Å². The summed E-state index contributed by atoms with van der Waals surface area (Å²) in [5.74, 6) is 5.68. The first kappa shape index (κ1) is 18.9. The number of fused-ring (bicyclic) bond motifs is 4. The van der Waals surface area contributed by atoms with Gasteiger partial charge in [-0.3, -0.25) is 14.5 Å². The second-order valence-corrected chi connectivity index (χ2v) is 8.13. The van der Waals surface area contributed by atoms with Crippen LogP contribution in [-0.4, -0.2) is 78.0 Å². The number of aliphatic hydroxyl groups is 1. The Morgan fingerprint density at radius 1 is 1.38 bits per heavy atom. The third-order valence-electron chi connectivity index (χ3n) is 5.02. The van der Waals surface area contributed by atoms with E-state index in [0.29, 0.717) is 0 Å². The van der Waals surface area contributed by atoms with E-state index in [1.54, 1.807) is 35.2 Å². The van der Waals surface area contributed by atoms with Crippen LogP contribution in [0.4, 0.5) is 0 Å². The van der Waals surface area contributed by atoms with Crippen LogP contribution in [0.2, 0.25) is 0 Å². The average molecular weight is 375 g/mol. The summed E-state index contributed by atoms with van der Waals surface area (Å²) in [6.07, 6.45) is 1.87. The van der Waals surface area contributed by atoms with Crippen LogP contribution < -0.4 is 0 Å². The fraction of sp³-hybridized carbons (Fsp3) is 0.579. The van der Waals surface area contributed by atoms with Crippen molar-refractivity contribution in [2.45, 2.75) is 25.4 Å². The van der Waals surface area contributed by atoms with Crippen LogP contribution in [0.15, 0.2) is 11.4 Å². The van der Waals surface area contributed by atoms with Gasteiger partial charge in [0.1, 0.15) is 13.2 Å². The molecule has 0 saturated carbocycles. The van der Waals surface area contributed by atoms with Gasteiger partial charge in [-0.25, -0.2) is 0 Å². The van der Waals surface area contributed by atoms with Gasteiger partial charge < -0.3 is 14.9 Å². The molecular formula is C19H25N3O3S. The molecule has 1 aromatic rings. The zero-order chi connectivity index (χ0) is 18.7. The number of piperidine rings is 1. The van der Waals surface area contributed by atoms with Crippen molar-refractivity contribution in [3.63, 3.8) is 0 Å². The fourth-order valence-corrected chi connectivity index (χ4v) is 4.50. The van der Waals surface area contributed by atoms with Gasteiger partial charge in [0, 0.05) is 55.6 Å². The van der Waals surface area contributed by atoms with Gasteiger partial charge in [0.15, 0.2) is 0 Å². The number of amides is 2. The summed E-state index contributed by atoms with van der Waals surface area (Å²) in [5.41, 5.74) is 0.922. The lowest BCUT2D eigenvalue weighted by Gasteiger charge is -2.36. The SMILES string of the molecule is CN(C)C(=O)CN1C(=O)[C@H]2CC[C@@H]1CN(Cc1cc(C#CCO)cs1)C2. The van der Waals surface area contributed by atoms with E-state index in [-0.39, 0.29) is 36.9 Å². The van der Waals surface area contributed by atoms with E-state index >= 15 is 0 Å². The standard InChI is InChI=1S/C19H25N3O3S/c1-20(2)18(24)12-22-16-6-5-15(19(22)25)9-21(10-16)11-17-8-14(13-26-17)4-3-7-23/h8,13,15-16,23H,5-7,9-12H2,1-2H3/t15-,16+/m0/s1. The van der Waals surface area contributed by atoms with E-state index < -0.39 is 0 Å². The molecule has 4 heterocycles. The Morgan fingerprint density at radius 3 is 2.92 bits per heavy atom. The zero-order valence-electron chi connectivity index (χ0n) is 15.3. The Hall–Kier alpha value is -1.88. The predicted octanol–water partition coefficient (Wildman–Crippen LogP) is 0.603. The third kappa shape index (κ3) is 4.26. The summed E-state index contributed by atoms with van der Waals surface area (Å²) in [6.45, 7) is 2.39. The molecule has 2 bridgehead atoms. The van der Waals surface area contributed by atoms with Gasteiger partial charge in [0.25, 0.3) is 0 Å². The topological polar surface area (TPSA) is 64.1 Å². The number of carbonyl (C=O) groups is 2. The van der Waals surface area contributed by atoms with Crippen molar-refractivity contribution >= 4 is 23.2 Å². The van der Waals surface area contributed by atoms with Crippen LogP contribution in [0.3, 0.4) is 0 Å². The van der Waals surface area contributed by atoms with Crippen molar-refractivity contribution in [3.8, 4) is 11.8 Å². The smallest absolute Gasteiger partial charge is 0.241 e. The number of carbonyl (C=O) groups excluding carboxylic acids is 2. The first-order valence-electron chi connectivity index (χ1n) is 8.88. The summed E-state index contributed by atoms with van der Waals surface area (Å²) < 4.78 is 0. The molecule has 1 N–H and O–H groups in total. The second kappa shape index (κ2) is 8.21. The Balaban J connectivity index is 1.68. The van der Waals surface area contributed by atoms with Crippen LogP contribution in [0.5, 0.6) is 0 Å². The highest BCUT2D eigenvalue weighted by molar-refractivity contribution is 7.10. The minimum atomic E-state index is -0.135. The third-order valence-corrected chi connectivity index (χ3v) is 5.94. The molecule has 0 aromatic carbocycles. The molecule has 26 heavy (non-hydrogen) atoms. The van der Waals surface area contributed by atoms with Crippen LogP contribution in [0.25, 0.3) is 0 Å². The highest BCUT2D eigenvalue weighted by atomic mass is 32.1. The zero-order valence-corrected chi connectivity index (χ0v) is 16.1. The maximum atomic E-state index is 12.8. The van der Waals surface area contributed by atoms with Gasteiger partial charge in [0.05, 0.1) is 5.92 Å². The molecule has 140 valence electrons. The number of rotatable bonds is 4. The monoisotopic (exact) mass is 375 g/mol. The first-order chi connectivity index (χ1) is 12.5. The quantitative estimate of drug-likeness (QED) is 0.783. The number of thiophene rings is 1. The lowest BCUT2D eigenvalue weighted by atomic mass is 9.94. The molecule has 4 rings (SSSR count). The van der Waals surface area contributed by atoms with Crippen molar-refractivity contribution in [1.82, 2.24) is 14.7 Å². The van der Waals surface area contributed by atoms with Crippen LogP contribution in [-0.2, 0) is 16.1 Å². The maximum absolute atomic E-state index is 12.8. The largest absolute Gasteiger partial charge is 0.384 e. The van der Waals surface area contributed by atoms with Crippen molar-refractivity contribution in [2.75, 3.05) is 40.3 Å². The number of nitrogens with zero attached hydrogens (tertiary/aromatic N) is 3. The number of hydrogen-bond donors (Lipinski definition) is 1. The fourth-order valence-electron chi connectivity index (χ4n) is 3.65. The van der Waals surface area contributed by atoms with Crippen LogP contribution in [0.1, 0.15) is 23.3 Å². The van der Waals surface area contributed by atoms with Crippen molar-refractivity contribution in [3.05, 3.63) is 21.9 Å². The molecule has 7 heteroatoms. The minimum absolute atomic E-state index is 0.0164. The van der Waals surface area contributed by atoms with Crippen molar-refractivity contribution < 1.29 is 14.7 Å². The summed E-state index contributed by atoms with van der Waals surface area (Å²) in [4.78, 5) is 31.7. The molecule has 0 aliphatic carbocycles. The van der Waals surface area contributed by atoms with Crippen LogP contribution in [0, 0.1) is 17.8 Å². The molecule has 2 amide bonds. The Kier molecular flexibility index (Phi) is 5.97. The van der Waals surface area contributed by atoms with E-state index in [2.05, 4.69) is 22.8 Å². The highest BCUT2D eigenvalue weighted by Crippen LogP contribution is 2.30. The van der Waals surface area contributed by atoms with Gasteiger partial charge in [-0.05, 0) is 18.9 Å². The summed E-state index contributed by atoms with van der Waals surface area (Å²) in [6, 6.07) is 2.16. The van der Waals surface area contributed by atoms with Crippen LogP contribution >= 0.6 is 11.3 Å². The number of aliphatic hydroxyl groups excluding tert-OH is 1. The number of hydrogen-bond acceptors (Lipinski definition) is 5. The molecule has 3 aliphatic rings. The predicted molar refractivity (Wildman–Crippen MR) is 100 cm³/mol. The first-order valence-corrected chi connectivity index (χ1v) is 9.76. The van der Waals surface area contributed by atoms with Gasteiger partial charge in [-0.15, -0.1) is 11.3 Å². The van der Waals surface area contributed by atoms with E-state index in [1.807, 2.05) is 5.38 Å². The lowest BCUT2D eigenvalue weighted by molar-refractivity contribution is -0.145. The minimum Gasteiger partial charge on any atom is -0.384 e. The van der Waals surface area contributed by atoms with E-state index in [9.17, 15) is 9.59 Å². The summed E-state index contributed by atoms with van der Waals surface area (Å²) >= 11 is 1.65. The molecule has 0 unspecified atom stereocenters. The Bertz CT molecular complexity index is 734. The second-order valence-electron chi connectivity index (χ2n) is 7.14. The van der Waals surface area contributed by atoms with Crippen molar-refractivity contribution in [1.29, 1.82) is 0 Å². The van der Waals surface area contributed by atoms with Crippen molar-refractivity contribution in [2.24, 2.45) is 5.92 Å². The molecule has 3 saturated heterocycles. The highest BCUT2D eigenvalue weighted by Gasteiger charge is 2.41. The summed E-state index contributed by atoms with van der Waals surface area (Å²) in [7, 11) is 3.45. The van der Waals surface area contributed by atoms with Gasteiger partial charge in [-0.2, -0.15) is 0 Å². The molecule has 0 spiro atoms. The molecule has 0 radical (unpaired) electrons.